The van der Waals surface area contributed by atoms with Crippen LogP contribution < -0.4 is 5.32 Å². The molecule has 0 aromatic carbocycles. The molecule has 2 heteroatoms. The Hall–Kier alpha value is -0.0800. The van der Waals surface area contributed by atoms with Crippen LogP contribution in [0.15, 0.2) is 0 Å². The second-order valence-electron chi connectivity index (χ2n) is 3.85. The molecule has 0 saturated carbocycles. The highest BCUT2D eigenvalue weighted by atomic mass is 16.5. The van der Waals surface area contributed by atoms with E-state index in [0.717, 1.165) is 18.4 Å². The number of hydrogen-bond acceptors (Lipinski definition) is 2. The molecule has 0 bridgehead atoms. The minimum absolute atomic E-state index is 0.840. The van der Waals surface area contributed by atoms with E-state index in [-0.39, 0.29) is 0 Å². The van der Waals surface area contributed by atoms with Gasteiger partial charge in [0.2, 0.25) is 0 Å². The highest BCUT2D eigenvalue weighted by molar-refractivity contribution is 4.73. The Morgan fingerprint density at radius 1 is 1.42 bits per heavy atom. The molecule has 1 aliphatic heterocycles. The first kappa shape index (κ1) is 10.0. The van der Waals surface area contributed by atoms with Crippen molar-refractivity contribution in [1.29, 1.82) is 0 Å². The van der Waals surface area contributed by atoms with Crippen molar-refractivity contribution in [2.24, 2.45) is 11.8 Å². The molecule has 1 heterocycles. The highest BCUT2D eigenvalue weighted by Crippen LogP contribution is 2.23. The molecule has 0 amide bonds. The van der Waals surface area contributed by atoms with Crippen LogP contribution in [-0.2, 0) is 4.74 Å². The van der Waals surface area contributed by atoms with Gasteiger partial charge in [0.05, 0.1) is 0 Å². The van der Waals surface area contributed by atoms with E-state index in [1.54, 1.807) is 7.11 Å². The lowest BCUT2D eigenvalue weighted by Crippen LogP contribution is -2.31. The molecule has 0 spiro atoms. The molecular weight excluding hydrogens is 150 g/mol. The fourth-order valence-corrected chi connectivity index (χ4v) is 1.95. The number of nitrogens with one attached hydrogen (secondary N) is 1. The summed E-state index contributed by atoms with van der Waals surface area (Å²) in [6.07, 6.45) is 3.93. The van der Waals surface area contributed by atoms with Gasteiger partial charge in [-0.05, 0) is 44.2 Å². The molecule has 0 aromatic heterocycles. The average molecular weight is 171 g/mol. The van der Waals surface area contributed by atoms with Gasteiger partial charge >= 0.3 is 0 Å². The van der Waals surface area contributed by atoms with Crippen LogP contribution in [0.1, 0.15) is 26.2 Å². The van der Waals surface area contributed by atoms with Crippen molar-refractivity contribution >= 4 is 0 Å². The smallest absolute Gasteiger partial charge is 0.0464 e. The zero-order valence-electron chi connectivity index (χ0n) is 8.31. The van der Waals surface area contributed by atoms with Crippen molar-refractivity contribution in [1.82, 2.24) is 5.32 Å². The van der Waals surface area contributed by atoms with Crippen LogP contribution in [0.5, 0.6) is 0 Å². The Bertz CT molecular complexity index is 110. The zero-order chi connectivity index (χ0) is 8.81. The Balaban J connectivity index is 2.15. The van der Waals surface area contributed by atoms with Gasteiger partial charge in [0, 0.05) is 13.7 Å². The summed E-state index contributed by atoms with van der Waals surface area (Å²) in [5.41, 5.74) is 0. The van der Waals surface area contributed by atoms with Crippen LogP contribution in [-0.4, -0.2) is 26.8 Å². The predicted molar refractivity (Wildman–Crippen MR) is 51.3 cm³/mol. The van der Waals surface area contributed by atoms with Crippen LogP contribution in [0.2, 0.25) is 0 Å². The van der Waals surface area contributed by atoms with Gasteiger partial charge in [0.1, 0.15) is 0 Å². The van der Waals surface area contributed by atoms with Crippen molar-refractivity contribution in [3.8, 4) is 0 Å². The Kier molecular flexibility index (Phi) is 4.62. The fourth-order valence-electron chi connectivity index (χ4n) is 1.95. The average Bonchev–Trinajstić information content (AvgIpc) is 2.15. The molecule has 1 rings (SSSR count). The van der Waals surface area contributed by atoms with Crippen molar-refractivity contribution in [2.75, 3.05) is 26.8 Å². The van der Waals surface area contributed by atoms with Crippen LogP contribution in [0.4, 0.5) is 0 Å². The van der Waals surface area contributed by atoms with E-state index in [0.29, 0.717) is 0 Å². The number of methoxy groups -OCH3 is 1. The second kappa shape index (κ2) is 5.55. The van der Waals surface area contributed by atoms with Crippen LogP contribution in [0, 0.1) is 11.8 Å². The Morgan fingerprint density at radius 2 is 2.08 bits per heavy atom. The number of ether oxygens (including phenoxy) is 1. The third-order valence-electron chi connectivity index (χ3n) is 2.97. The first-order valence-corrected chi connectivity index (χ1v) is 5.04. The van der Waals surface area contributed by atoms with Crippen LogP contribution in [0.3, 0.4) is 0 Å². The molecule has 1 fully saturated rings. The first-order valence-electron chi connectivity index (χ1n) is 5.04. The summed E-state index contributed by atoms with van der Waals surface area (Å²) in [6, 6.07) is 0. The van der Waals surface area contributed by atoms with Crippen molar-refractivity contribution in [3.05, 3.63) is 0 Å². The van der Waals surface area contributed by atoms with Gasteiger partial charge in [-0.3, -0.25) is 0 Å². The highest BCUT2D eigenvalue weighted by Gasteiger charge is 2.18. The van der Waals surface area contributed by atoms with E-state index in [2.05, 4.69) is 12.2 Å². The fraction of sp³-hybridized carbons (Fsp3) is 1.00. The van der Waals surface area contributed by atoms with E-state index < -0.39 is 0 Å². The summed E-state index contributed by atoms with van der Waals surface area (Å²) < 4.78 is 5.09. The maximum atomic E-state index is 5.09. The molecule has 72 valence electrons. The summed E-state index contributed by atoms with van der Waals surface area (Å²) in [5, 5.41) is 3.39. The molecule has 1 unspecified atom stereocenters. The topological polar surface area (TPSA) is 21.3 Å². The van der Waals surface area contributed by atoms with E-state index in [4.69, 9.17) is 4.74 Å². The molecule has 0 aromatic rings. The molecule has 1 atom stereocenters. The lowest BCUT2D eigenvalue weighted by molar-refractivity contribution is 0.155. The molecule has 0 aliphatic carbocycles. The molecule has 2 nitrogen and oxygen atoms in total. The van der Waals surface area contributed by atoms with E-state index in [1.165, 1.54) is 32.4 Å². The van der Waals surface area contributed by atoms with Gasteiger partial charge < -0.3 is 10.1 Å². The van der Waals surface area contributed by atoms with Crippen molar-refractivity contribution in [3.63, 3.8) is 0 Å². The zero-order valence-corrected chi connectivity index (χ0v) is 8.31. The largest absolute Gasteiger partial charge is 0.385 e. The third kappa shape index (κ3) is 3.11. The maximum absolute atomic E-state index is 5.09. The summed E-state index contributed by atoms with van der Waals surface area (Å²) in [6.45, 7) is 5.70. The third-order valence-corrected chi connectivity index (χ3v) is 2.97. The van der Waals surface area contributed by atoms with Gasteiger partial charge in [-0.2, -0.15) is 0 Å². The number of rotatable bonds is 4. The minimum Gasteiger partial charge on any atom is -0.385 e. The predicted octanol–water partition coefficient (Wildman–Crippen LogP) is 1.66. The monoisotopic (exact) mass is 171 g/mol. The van der Waals surface area contributed by atoms with E-state index in [1.807, 2.05) is 0 Å². The van der Waals surface area contributed by atoms with E-state index >= 15 is 0 Å². The SMILES string of the molecule is COCCC(C)C1CCNCC1. The van der Waals surface area contributed by atoms with Gasteiger partial charge in [-0.1, -0.05) is 6.92 Å². The standard InChI is InChI=1S/C10H21NO/c1-9(5-8-12-2)10-3-6-11-7-4-10/h9-11H,3-8H2,1-2H3. The van der Waals surface area contributed by atoms with Crippen molar-refractivity contribution in [2.45, 2.75) is 26.2 Å². The normalized spacial score (nSPS) is 22.5. The van der Waals surface area contributed by atoms with Gasteiger partial charge in [0.15, 0.2) is 0 Å². The minimum atomic E-state index is 0.840. The van der Waals surface area contributed by atoms with Gasteiger partial charge in [-0.15, -0.1) is 0 Å². The van der Waals surface area contributed by atoms with Gasteiger partial charge in [0.25, 0.3) is 0 Å². The summed E-state index contributed by atoms with van der Waals surface area (Å²) in [7, 11) is 1.79. The first-order chi connectivity index (χ1) is 5.84. The number of piperidine rings is 1. The molecule has 1 aliphatic rings. The molecule has 1 saturated heterocycles. The molecular formula is C10H21NO. The Morgan fingerprint density at radius 3 is 2.67 bits per heavy atom. The Labute approximate surface area is 75.7 Å². The van der Waals surface area contributed by atoms with Crippen LogP contribution >= 0.6 is 0 Å². The summed E-state index contributed by atoms with van der Waals surface area (Å²) in [4.78, 5) is 0. The summed E-state index contributed by atoms with van der Waals surface area (Å²) >= 11 is 0. The maximum Gasteiger partial charge on any atom is 0.0464 e. The lowest BCUT2D eigenvalue weighted by atomic mass is 9.84. The molecule has 1 N–H and O–H groups in total. The summed E-state index contributed by atoms with van der Waals surface area (Å²) in [5.74, 6) is 1.77. The second-order valence-corrected chi connectivity index (χ2v) is 3.85. The molecule has 12 heavy (non-hydrogen) atoms. The van der Waals surface area contributed by atoms with Crippen LogP contribution in [0.25, 0.3) is 0 Å². The van der Waals surface area contributed by atoms with Gasteiger partial charge in [-0.25, -0.2) is 0 Å². The van der Waals surface area contributed by atoms with E-state index in [9.17, 15) is 0 Å². The lowest BCUT2D eigenvalue weighted by Gasteiger charge is -2.28. The van der Waals surface area contributed by atoms with Crippen molar-refractivity contribution < 1.29 is 4.74 Å². The number of hydrogen-bond donors (Lipinski definition) is 1. The quantitative estimate of drug-likeness (QED) is 0.694. The molecule has 0 radical (unpaired) electrons.